The first-order valence-electron chi connectivity index (χ1n) is 5.73. The van der Waals surface area contributed by atoms with Gasteiger partial charge >= 0.3 is 0 Å². The van der Waals surface area contributed by atoms with Crippen molar-refractivity contribution in [3.05, 3.63) is 51.8 Å². The molecule has 0 unspecified atom stereocenters. The second-order valence-electron chi connectivity index (χ2n) is 4.11. The fraction of sp³-hybridized carbons (Fsp3) is 0.214. The standard InChI is InChI=1S/C14H16N2O2/c1-9-7-11(8-15)14(17)16-13(9)10-3-5-12(18-2)6-4-10/h3-7H,8,15H2,1-2H3,(H,16,17). The Hall–Kier alpha value is -2.07. The highest BCUT2D eigenvalue weighted by atomic mass is 16.5. The summed E-state index contributed by atoms with van der Waals surface area (Å²) in [5, 5.41) is 0. The monoisotopic (exact) mass is 244 g/mol. The van der Waals surface area contributed by atoms with Crippen LogP contribution in [0.15, 0.2) is 35.1 Å². The highest BCUT2D eigenvalue weighted by Crippen LogP contribution is 2.22. The number of hydrogen-bond acceptors (Lipinski definition) is 3. The summed E-state index contributed by atoms with van der Waals surface area (Å²) in [6.45, 7) is 2.20. The number of aryl methyl sites for hydroxylation is 1. The van der Waals surface area contributed by atoms with Crippen molar-refractivity contribution in [2.24, 2.45) is 5.73 Å². The lowest BCUT2D eigenvalue weighted by Crippen LogP contribution is -2.17. The summed E-state index contributed by atoms with van der Waals surface area (Å²) in [4.78, 5) is 14.6. The van der Waals surface area contributed by atoms with Crippen LogP contribution in [0.25, 0.3) is 11.3 Å². The van der Waals surface area contributed by atoms with Gasteiger partial charge in [-0.05, 0) is 48.4 Å². The van der Waals surface area contributed by atoms with Crippen LogP contribution in [0.5, 0.6) is 5.75 Å². The number of benzene rings is 1. The molecule has 0 saturated heterocycles. The zero-order chi connectivity index (χ0) is 13.1. The summed E-state index contributed by atoms with van der Waals surface area (Å²) >= 11 is 0. The predicted octanol–water partition coefficient (Wildman–Crippen LogP) is 1.82. The van der Waals surface area contributed by atoms with Gasteiger partial charge in [-0.25, -0.2) is 0 Å². The van der Waals surface area contributed by atoms with Gasteiger partial charge in [-0.15, -0.1) is 0 Å². The number of aromatic nitrogens is 1. The van der Waals surface area contributed by atoms with Crippen LogP contribution >= 0.6 is 0 Å². The molecule has 0 aliphatic rings. The number of methoxy groups -OCH3 is 1. The topological polar surface area (TPSA) is 68.1 Å². The average Bonchev–Trinajstić information content (AvgIpc) is 2.41. The number of nitrogens with one attached hydrogen (secondary N) is 1. The Morgan fingerprint density at radius 3 is 2.50 bits per heavy atom. The molecule has 4 nitrogen and oxygen atoms in total. The van der Waals surface area contributed by atoms with Crippen LogP contribution < -0.4 is 16.0 Å². The molecule has 0 atom stereocenters. The van der Waals surface area contributed by atoms with E-state index in [-0.39, 0.29) is 12.1 Å². The van der Waals surface area contributed by atoms with E-state index < -0.39 is 0 Å². The minimum absolute atomic E-state index is 0.131. The largest absolute Gasteiger partial charge is 0.497 e. The lowest BCUT2D eigenvalue weighted by molar-refractivity contribution is 0.415. The van der Waals surface area contributed by atoms with Gasteiger partial charge in [-0.3, -0.25) is 4.79 Å². The van der Waals surface area contributed by atoms with Crippen molar-refractivity contribution in [3.63, 3.8) is 0 Å². The highest BCUT2D eigenvalue weighted by Gasteiger charge is 2.06. The number of ether oxygens (including phenoxy) is 1. The fourth-order valence-corrected chi connectivity index (χ4v) is 1.90. The molecule has 1 aromatic carbocycles. The first-order chi connectivity index (χ1) is 8.65. The van der Waals surface area contributed by atoms with Crippen molar-refractivity contribution in [3.8, 4) is 17.0 Å². The normalized spacial score (nSPS) is 10.4. The lowest BCUT2D eigenvalue weighted by Gasteiger charge is -2.08. The molecule has 94 valence electrons. The first-order valence-corrected chi connectivity index (χ1v) is 5.73. The predicted molar refractivity (Wildman–Crippen MR) is 71.7 cm³/mol. The molecule has 0 aliphatic heterocycles. The minimum Gasteiger partial charge on any atom is -0.497 e. The van der Waals surface area contributed by atoms with Crippen LogP contribution in [-0.4, -0.2) is 12.1 Å². The summed E-state index contributed by atoms with van der Waals surface area (Å²) in [7, 11) is 1.62. The highest BCUT2D eigenvalue weighted by molar-refractivity contribution is 5.63. The molecule has 0 aliphatic carbocycles. The van der Waals surface area contributed by atoms with Gasteiger partial charge in [0.25, 0.3) is 5.56 Å². The number of nitrogens with two attached hydrogens (primary N) is 1. The zero-order valence-electron chi connectivity index (χ0n) is 10.5. The molecule has 1 heterocycles. The minimum atomic E-state index is -0.131. The summed E-state index contributed by atoms with van der Waals surface area (Å²) in [5.41, 5.74) is 8.75. The smallest absolute Gasteiger partial charge is 0.252 e. The van der Waals surface area contributed by atoms with Crippen LogP contribution in [0.3, 0.4) is 0 Å². The maximum atomic E-state index is 11.8. The van der Waals surface area contributed by atoms with E-state index in [1.54, 1.807) is 7.11 Å². The molecule has 2 rings (SSSR count). The molecule has 0 amide bonds. The Morgan fingerprint density at radius 2 is 1.94 bits per heavy atom. The Bertz CT molecular complexity index is 600. The second-order valence-corrected chi connectivity index (χ2v) is 4.11. The molecule has 0 fully saturated rings. The van der Waals surface area contributed by atoms with Crippen LogP contribution in [0.4, 0.5) is 0 Å². The van der Waals surface area contributed by atoms with E-state index in [0.717, 1.165) is 22.6 Å². The van der Waals surface area contributed by atoms with Crippen LogP contribution in [0.2, 0.25) is 0 Å². The molecule has 0 radical (unpaired) electrons. The van der Waals surface area contributed by atoms with E-state index in [4.69, 9.17) is 10.5 Å². The summed E-state index contributed by atoms with van der Waals surface area (Å²) in [6.07, 6.45) is 0. The third kappa shape index (κ3) is 2.28. The van der Waals surface area contributed by atoms with Gasteiger partial charge in [0.2, 0.25) is 0 Å². The Morgan fingerprint density at radius 1 is 1.28 bits per heavy atom. The SMILES string of the molecule is COc1ccc(-c2[nH]c(=O)c(CN)cc2C)cc1. The number of aromatic amines is 1. The molecule has 2 aromatic rings. The molecule has 0 bridgehead atoms. The van der Waals surface area contributed by atoms with Crippen molar-refractivity contribution >= 4 is 0 Å². The van der Waals surface area contributed by atoms with E-state index >= 15 is 0 Å². The molecule has 0 saturated carbocycles. The number of rotatable bonds is 3. The zero-order valence-corrected chi connectivity index (χ0v) is 10.5. The molecule has 1 aromatic heterocycles. The third-order valence-electron chi connectivity index (χ3n) is 2.91. The lowest BCUT2D eigenvalue weighted by atomic mass is 10.0. The molecule has 3 N–H and O–H groups in total. The molecule has 0 spiro atoms. The van der Waals surface area contributed by atoms with Gasteiger partial charge in [0.05, 0.1) is 12.8 Å². The van der Waals surface area contributed by atoms with Gasteiger partial charge in [0, 0.05) is 12.1 Å². The number of hydrogen-bond donors (Lipinski definition) is 2. The summed E-state index contributed by atoms with van der Waals surface area (Å²) < 4.78 is 5.11. The van der Waals surface area contributed by atoms with E-state index in [2.05, 4.69) is 4.98 Å². The Labute approximate surface area is 105 Å². The van der Waals surface area contributed by atoms with Gasteiger partial charge in [0.1, 0.15) is 5.75 Å². The van der Waals surface area contributed by atoms with E-state index in [1.165, 1.54) is 0 Å². The second kappa shape index (κ2) is 5.06. The molecular formula is C14H16N2O2. The Balaban J connectivity index is 2.50. The van der Waals surface area contributed by atoms with E-state index in [9.17, 15) is 4.79 Å². The summed E-state index contributed by atoms with van der Waals surface area (Å²) in [5.74, 6) is 0.789. The van der Waals surface area contributed by atoms with Crippen molar-refractivity contribution in [2.45, 2.75) is 13.5 Å². The summed E-state index contributed by atoms with van der Waals surface area (Å²) in [6, 6.07) is 9.39. The van der Waals surface area contributed by atoms with Crippen LogP contribution in [0, 0.1) is 6.92 Å². The number of pyridine rings is 1. The van der Waals surface area contributed by atoms with Gasteiger partial charge in [-0.2, -0.15) is 0 Å². The quantitative estimate of drug-likeness (QED) is 0.865. The van der Waals surface area contributed by atoms with Gasteiger partial charge in [0.15, 0.2) is 0 Å². The molecular weight excluding hydrogens is 228 g/mol. The Kier molecular flexibility index (Phi) is 3.48. The van der Waals surface area contributed by atoms with Crippen molar-refractivity contribution in [1.82, 2.24) is 4.98 Å². The number of H-pyrrole nitrogens is 1. The fourth-order valence-electron chi connectivity index (χ4n) is 1.90. The maximum absolute atomic E-state index is 11.8. The van der Waals surface area contributed by atoms with Gasteiger partial charge < -0.3 is 15.5 Å². The third-order valence-corrected chi connectivity index (χ3v) is 2.91. The van der Waals surface area contributed by atoms with Crippen LogP contribution in [0.1, 0.15) is 11.1 Å². The first kappa shape index (κ1) is 12.4. The van der Waals surface area contributed by atoms with Crippen molar-refractivity contribution in [1.29, 1.82) is 0 Å². The van der Waals surface area contributed by atoms with E-state index in [1.807, 2.05) is 37.3 Å². The van der Waals surface area contributed by atoms with Crippen LogP contribution in [-0.2, 0) is 6.54 Å². The van der Waals surface area contributed by atoms with Gasteiger partial charge in [-0.1, -0.05) is 0 Å². The van der Waals surface area contributed by atoms with Crippen molar-refractivity contribution < 1.29 is 4.74 Å². The van der Waals surface area contributed by atoms with E-state index in [0.29, 0.717) is 5.56 Å². The maximum Gasteiger partial charge on any atom is 0.252 e. The average molecular weight is 244 g/mol. The molecule has 4 heteroatoms. The van der Waals surface area contributed by atoms with Crippen molar-refractivity contribution in [2.75, 3.05) is 7.11 Å². The molecule has 18 heavy (non-hydrogen) atoms.